The van der Waals surface area contributed by atoms with Crippen molar-refractivity contribution in [2.45, 2.75) is 26.8 Å². The normalized spacial score (nSPS) is 11.0. The molecule has 1 aromatic heterocycles. The first-order valence-corrected chi connectivity index (χ1v) is 8.51. The Hall–Kier alpha value is -1.77. The third kappa shape index (κ3) is 7.33. The lowest BCUT2D eigenvalue weighted by atomic mass is 10.2. The van der Waals surface area contributed by atoms with Crippen LogP contribution >= 0.6 is 24.0 Å². The quantitative estimate of drug-likeness (QED) is 0.247. The summed E-state index contributed by atoms with van der Waals surface area (Å²) in [5, 5.41) is 10.5. The summed E-state index contributed by atoms with van der Waals surface area (Å²) in [5.74, 6) is 0.776. The number of hydrogen-bond donors (Lipinski definition) is 3. The average molecular weight is 457 g/mol. The molecule has 0 aliphatic heterocycles. The molecule has 25 heavy (non-hydrogen) atoms. The zero-order chi connectivity index (χ0) is 17.2. The van der Waals surface area contributed by atoms with Gasteiger partial charge in [0.05, 0.1) is 0 Å². The highest BCUT2D eigenvalue weighted by atomic mass is 127. The Morgan fingerprint density at radius 1 is 1.12 bits per heavy atom. The number of carbonyl (C=O) groups is 1. The zero-order valence-corrected chi connectivity index (χ0v) is 17.2. The molecule has 2 aromatic rings. The van der Waals surface area contributed by atoms with Crippen LogP contribution in [0.5, 0.6) is 0 Å². The maximum atomic E-state index is 10.8. The molecule has 0 spiro atoms. The van der Waals surface area contributed by atoms with E-state index in [9.17, 15) is 4.79 Å². The number of halogens is 1. The predicted molar refractivity (Wildman–Crippen MR) is 115 cm³/mol. The fourth-order valence-corrected chi connectivity index (χ4v) is 2.53. The van der Waals surface area contributed by atoms with E-state index in [1.165, 1.54) is 17.8 Å². The van der Waals surface area contributed by atoms with Crippen LogP contribution in [0.2, 0.25) is 0 Å². The van der Waals surface area contributed by atoms with Gasteiger partial charge in [0, 0.05) is 51.4 Å². The second-order valence-corrected chi connectivity index (χ2v) is 5.59. The first kappa shape index (κ1) is 21.3. The minimum Gasteiger partial charge on any atom is -0.357 e. The van der Waals surface area contributed by atoms with Gasteiger partial charge in [-0.05, 0) is 30.9 Å². The van der Waals surface area contributed by atoms with Crippen molar-refractivity contribution in [3.63, 3.8) is 0 Å². The van der Waals surface area contributed by atoms with Gasteiger partial charge < -0.3 is 20.5 Å². The monoisotopic (exact) mass is 457 g/mol. The molecule has 0 bridgehead atoms. The van der Waals surface area contributed by atoms with E-state index in [0.717, 1.165) is 32.0 Å². The second kappa shape index (κ2) is 11.7. The van der Waals surface area contributed by atoms with E-state index >= 15 is 0 Å². The SMILES string of the molecule is CCNC(=NCCCn1ccc2ccccc21)NCCNC(C)=O.I. The maximum Gasteiger partial charge on any atom is 0.216 e. The van der Waals surface area contributed by atoms with E-state index < -0.39 is 0 Å². The lowest BCUT2D eigenvalue weighted by molar-refractivity contribution is -0.118. The number of nitrogens with zero attached hydrogens (tertiary/aromatic N) is 2. The number of carbonyl (C=O) groups excluding carboxylic acids is 1. The molecular weight excluding hydrogens is 429 g/mol. The number of aryl methyl sites for hydroxylation is 1. The molecule has 1 heterocycles. The van der Waals surface area contributed by atoms with Crippen molar-refractivity contribution in [2.24, 2.45) is 4.99 Å². The molecule has 0 fully saturated rings. The van der Waals surface area contributed by atoms with Gasteiger partial charge in [0.25, 0.3) is 0 Å². The molecule has 0 atom stereocenters. The number of para-hydroxylation sites is 1. The van der Waals surface area contributed by atoms with Crippen LogP contribution in [-0.4, -0.2) is 42.6 Å². The smallest absolute Gasteiger partial charge is 0.216 e. The van der Waals surface area contributed by atoms with Gasteiger partial charge >= 0.3 is 0 Å². The summed E-state index contributed by atoms with van der Waals surface area (Å²) >= 11 is 0. The van der Waals surface area contributed by atoms with Crippen molar-refractivity contribution < 1.29 is 4.79 Å². The molecule has 1 amide bonds. The molecule has 0 aliphatic rings. The van der Waals surface area contributed by atoms with Crippen molar-refractivity contribution >= 4 is 46.7 Å². The summed E-state index contributed by atoms with van der Waals surface area (Å²) in [7, 11) is 0. The van der Waals surface area contributed by atoms with E-state index in [1.807, 2.05) is 6.92 Å². The van der Waals surface area contributed by atoms with E-state index in [-0.39, 0.29) is 29.9 Å². The Kier molecular flexibility index (Phi) is 9.98. The predicted octanol–water partition coefficient (Wildman–Crippen LogP) is 2.34. The van der Waals surface area contributed by atoms with Crippen molar-refractivity contribution in [1.82, 2.24) is 20.5 Å². The summed E-state index contributed by atoms with van der Waals surface area (Å²) in [4.78, 5) is 15.4. The van der Waals surface area contributed by atoms with Crippen molar-refractivity contribution in [3.8, 4) is 0 Å². The zero-order valence-electron chi connectivity index (χ0n) is 14.9. The van der Waals surface area contributed by atoms with Gasteiger partial charge in [-0.1, -0.05) is 18.2 Å². The molecule has 2 rings (SSSR count). The Bertz CT molecular complexity index is 683. The lowest BCUT2D eigenvalue weighted by Gasteiger charge is -2.11. The molecule has 6 nitrogen and oxygen atoms in total. The third-order valence-corrected chi connectivity index (χ3v) is 3.64. The van der Waals surface area contributed by atoms with E-state index in [0.29, 0.717) is 13.1 Å². The van der Waals surface area contributed by atoms with E-state index in [4.69, 9.17) is 0 Å². The average Bonchev–Trinajstić information content (AvgIpc) is 2.98. The van der Waals surface area contributed by atoms with Crippen LogP contribution in [0.3, 0.4) is 0 Å². The molecule has 0 saturated carbocycles. The summed E-state index contributed by atoms with van der Waals surface area (Å²) in [6.45, 7) is 7.32. The lowest BCUT2D eigenvalue weighted by Crippen LogP contribution is -2.41. The van der Waals surface area contributed by atoms with E-state index in [1.54, 1.807) is 0 Å². The molecule has 1 aromatic carbocycles. The number of fused-ring (bicyclic) bond motifs is 1. The van der Waals surface area contributed by atoms with Crippen molar-refractivity contribution in [2.75, 3.05) is 26.2 Å². The molecule has 3 N–H and O–H groups in total. The Balaban J connectivity index is 0.00000312. The fraction of sp³-hybridized carbons (Fsp3) is 0.444. The third-order valence-electron chi connectivity index (χ3n) is 3.64. The number of hydrogen-bond acceptors (Lipinski definition) is 2. The van der Waals surface area contributed by atoms with Crippen LogP contribution in [0.25, 0.3) is 10.9 Å². The van der Waals surface area contributed by atoms with Gasteiger partial charge in [-0.2, -0.15) is 0 Å². The number of aromatic nitrogens is 1. The second-order valence-electron chi connectivity index (χ2n) is 5.59. The number of rotatable bonds is 8. The minimum absolute atomic E-state index is 0. The van der Waals surface area contributed by atoms with Crippen LogP contribution in [0.1, 0.15) is 20.3 Å². The maximum absolute atomic E-state index is 10.8. The molecule has 0 radical (unpaired) electrons. The molecule has 0 aliphatic carbocycles. The molecular formula is C18H28IN5O. The highest BCUT2D eigenvalue weighted by molar-refractivity contribution is 14.0. The van der Waals surface area contributed by atoms with Crippen LogP contribution in [0.15, 0.2) is 41.5 Å². The molecule has 0 unspecified atom stereocenters. The van der Waals surface area contributed by atoms with Crippen molar-refractivity contribution in [1.29, 1.82) is 0 Å². The van der Waals surface area contributed by atoms with Crippen LogP contribution in [0.4, 0.5) is 0 Å². The Morgan fingerprint density at radius 3 is 2.64 bits per heavy atom. The minimum atomic E-state index is -0.0160. The van der Waals surface area contributed by atoms with Gasteiger partial charge in [-0.15, -0.1) is 24.0 Å². The number of amides is 1. The number of benzene rings is 1. The molecule has 7 heteroatoms. The van der Waals surface area contributed by atoms with Crippen LogP contribution in [-0.2, 0) is 11.3 Å². The summed E-state index contributed by atoms with van der Waals surface area (Å²) in [6.07, 6.45) is 3.10. The molecule has 0 saturated heterocycles. The number of guanidine groups is 1. The van der Waals surface area contributed by atoms with Crippen LogP contribution < -0.4 is 16.0 Å². The van der Waals surface area contributed by atoms with Gasteiger partial charge in [0.15, 0.2) is 5.96 Å². The molecule has 138 valence electrons. The Morgan fingerprint density at radius 2 is 1.88 bits per heavy atom. The number of nitrogens with one attached hydrogen (secondary N) is 3. The summed E-state index contributed by atoms with van der Waals surface area (Å²) in [5.41, 5.74) is 1.27. The van der Waals surface area contributed by atoms with Crippen molar-refractivity contribution in [3.05, 3.63) is 36.5 Å². The first-order valence-electron chi connectivity index (χ1n) is 8.51. The van der Waals surface area contributed by atoms with Gasteiger partial charge in [-0.3, -0.25) is 9.79 Å². The van der Waals surface area contributed by atoms with Crippen LogP contribution in [0, 0.1) is 0 Å². The van der Waals surface area contributed by atoms with Gasteiger partial charge in [0.1, 0.15) is 0 Å². The summed E-state index contributed by atoms with van der Waals surface area (Å²) < 4.78 is 2.27. The fourth-order valence-electron chi connectivity index (χ4n) is 2.53. The van der Waals surface area contributed by atoms with E-state index in [2.05, 4.69) is 62.0 Å². The van der Waals surface area contributed by atoms with Gasteiger partial charge in [0.2, 0.25) is 5.91 Å². The topological polar surface area (TPSA) is 70.5 Å². The standard InChI is InChI=1S/C18H27N5O.HI/c1-3-19-18(22-12-11-20-15(2)24)21-10-6-13-23-14-9-16-7-4-5-8-17(16)23;/h4-5,7-9,14H,3,6,10-13H2,1-2H3,(H,20,24)(H2,19,21,22);1H. The van der Waals surface area contributed by atoms with Gasteiger partial charge in [-0.25, -0.2) is 0 Å². The highest BCUT2D eigenvalue weighted by Crippen LogP contribution is 2.15. The highest BCUT2D eigenvalue weighted by Gasteiger charge is 2.00. The number of aliphatic imine (C=N–C) groups is 1. The Labute approximate surface area is 166 Å². The largest absolute Gasteiger partial charge is 0.357 e. The summed E-state index contributed by atoms with van der Waals surface area (Å²) in [6, 6.07) is 10.6. The first-order chi connectivity index (χ1) is 11.7.